The van der Waals surface area contributed by atoms with Crippen molar-refractivity contribution in [3.8, 4) is 5.75 Å². The molecule has 1 aromatic heterocycles. The summed E-state index contributed by atoms with van der Waals surface area (Å²) in [6.45, 7) is 10.5. The van der Waals surface area contributed by atoms with Crippen LogP contribution in [0, 0.1) is 6.92 Å². The molecular weight excluding hydrogens is 268 g/mol. The van der Waals surface area contributed by atoms with E-state index in [1.54, 1.807) is 4.90 Å². The average Bonchev–Trinajstić information content (AvgIpc) is 2.55. The number of carbonyl (C=O) groups excluding carboxylic acids is 1. The van der Waals surface area contributed by atoms with Crippen LogP contribution in [0.3, 0.4) is 0 Å². The summed E-state index contributed by atoms with van der Waals surface area (Å²) in [5, 5.41) is 0. The first kappa shape index (κ1) is 15.6. The summed E-state index contributed by atoms with van der Waals surface area (Å²) in [5.41, 5.74) is 1.20. The van der Waals surface area contributed by atoms with Crippen molar-refractivity contribution in [2.45, 2.75) is 59.3 Å². The van der Waals surface area contributed by atoms with Crippen molar-refractivity contribution < 1.29 is 14.3 Å². The summed E-state index contributed by atoms with van der Waals surface area (Å²) < 4.78 is 11.4. The quantitative estimate of drug-likeness (QED) is 0.797. The molecule has 0 radical (unpaired) electrons. The minimum atomic E-state index is -0.505. The van der Waals surface area contributed by atoms with Crippen LogP contribution in [0.15, 0.2) is 12.1 Å². The predicted molar refractivity (Wildman–Crippen MR) is 80.3 cm³/mol. The Balaban J connectivity index is 2.25. The third-order valence-electron chi connectivity index (χ3n) is 3.24. The van der Waals surface area contributed by atoms with E-state index in [1.807, 2.05) is 46.8 Å². The van der Waals surface area contributed by atoms with E-state index in [9.17, 15) is 4.79 Å². The van der Waals surface area contributed by atoms with Crippen LogP contribution in [-0.4, -0.2) is 34.2 Å². The van der Waals surface area contributed by atoms with Crippen LogP contribution in [0.2, 0.25) is 0 Å². The highest BCUT2D eigenvalue weighted by atomic mass is 16.6. The Kier molecular flexibility index (Phi) is 4.40. The first-order valence-corrected chi connectivity index (χ1v) is 7.39. The van der Waals surface area contributed by atoms with Crippen molar-refractivity contribution in [3.05, 3.63) is 23.5 Å². The molecule has 1 aliphatic rings. The number of hydrogen-bond donors (Lipinski definition) is 0. The molecule has 0 saturated carbocycles. The molecule has 0 unspecified atom stereocenters. The highest BCUT2D eigenvalue weighted by Gasteiger charge is 2.29. The van der Waals surface area contributed by atoms with Crippen LogP contribution < -0.4 is 4.74 Å². The van der Waals surface area contributed by atoms with Crippen molar-refractivity contribution in [2.75, 3.05) is 6.54 Å². The van der Waals surface area contributed by atoms with Gasteiger partial charge in [0.1, 0.15) is 23.1 Å². The highest BCUT2D eigenvalue weighted by Crippen LogP contribution is 2.25. The van der Waals surface area contributed by atoms with Gasteiger partial charge >= 0.3 is 6.09 Å². The van der Waals surface area contributed by atoms with Gasteiger partial charge in [0.05, 0.1) is 13.1 Å². The average molecular weight is 292 g/mol. The number of pyridine rings is 1. The number of fused-ring (bicyclic) bond motifs is 1. The summed E-state index contributed by atoms with van der Waals surface area (Å²) in [6.07, 6.45) is 0.469. The van der Waals surface area contributed by atoms with Gasteiger partial charge in [-0.15, -0.1) is 0 Å². The molecule has 5 heteroatoms. The zero-order valence-electron chi connectivity index (χ0n) is 13.5. The van der Waals surface area contributed by atoms with Crippen molar-refractivity contribution in [1.29, 1.82) is 0 Å². The molecule has 0 N–H and O–H groups in total. The van der Waals surface area contributed by atoms with Crippen LogP contribution in [0.1, 0.15) is 45.5 Å². The number of nitrogens with zero attached hydrogens (tertiary/aromatic N) is 2. The fourth-order valence-electron chi connectivity index (χ4n) is 2.20. The van der Waals surface area contributed by atoms with Gasteiger partial charge in [0.2, 0.25) is 0 Å². The zero-order valence-corrected chi connectivity index (χ0v) is 13.5. The molecule has 116 valence electrons. The maximum Gasteiger partial charge on any atom is 0.410 e. The van der Waals surface area contributed by atoms with Gasteiger partial charge in [0, 0.05) is 5.69 Å². The number of ether oxygens (including phenoxy) is 2. The Hall–Kier alpha value is -1.78. The van der Waals surface area contributed by atoms with Crippen LogP contribution in [0.4, 0.5) is 4.79 Å². The Labute approximate surface area is 126 Å². The van der Waals surface area contributed by atoms with Gasteiger partial charge in [-0.1, -0.05) is 6.92 Å². The van der Waals surface area contributed by atoms with Crippen LogP contribution in [-0.2, 0) is 11.3 Å². The number of amides is 1. The molecule has 0 fully saturated rings. The second kappa shape index (κ2) is 5.92. The smallest absolute Gasteiger partial charge is 0.410 e. The number of hydrogen-bond acceptors (Lipinski definition) is 4. The molecule has 0 spiro atoms. The molecule has 0 aromatic carbocycles. The number of aryl methyl sites for hydroxylation is 1. The number of rotatable bonds is 1. The molecule has 0 aliphatic carbocycles. The Morgan fingerprint density at radius 1 is 1.48 bits per heavy atom. The third kappa shape index (κ3) is 4.09. The minimum absolute atomic E-state index is 0.0386. The topological polar surface area (TPSA) is 51.7 Å². The lowest BCUT2D eigenvalue weighted by atomic mass is 10.2. The van der Waals surface area contributed by atoms with Gasteiger partial charge in [0.15, 0.2) is 0 Å². The molecule has 2 rings (SSSR count). The van der Waals surface area contributed by atoms with Gasteiger partial charge in [-0.25, -0.2) is 4.79 Å². The molecule has 0 bridgehead atoms. The molecule has 2 heterocycles. The van der Waals surface area contributed by atoms with Gasteiger partial charge in [-0.3, -0.25) is 9.88 Å². The Bertz CT molecular complexity index is 523. The van der Waals surface area contributed by atoms with E-state index in [2.05, 4.69) is 4.98 Å². The normalized spacial score (nSPS) is 18.5. The lowest BCUT2D eigenvalue weighted by molar-refractivity contribution is 0.0176. The summed E-state index contributed by atoms with van der Waals surface area (Å²) in [6, 6.07) is 3.85. The van der Waals surface area contributed by atoms with E-state index in [1.165, 1.54) is 0 Å². The number of carbonyl (C=O) groups is 1. The van der Waals surface area contributed by atoms with Crippen LogP contribution in [0.25, 0.3) is 0 Å². The molecule has 1 aromatic rings. The Morgan fingerprint density at radius 2 is 2.19 bits per heavy atom. The lowest BCUT2D eigenvalue weighted by Gasteiger charge is -2.27. The molecule has 21 heavy (non-hydrogen) atoms. The van der Waals surface area contributed by atoms with Crippen LogP contribution >= 0.6 is 0 Å². The summed E-state index contributed by atoms with van der Waals surface area (Å²) in [5.74, 6) is 0.763. The Morgan fingerprint density at radius 3 is 2.81 bits per heavy atom. The maximum atomic E-state index is 12.3. The molecular formula is C16H24N2O3. The van der Waals surface area contributed by atoms with E-state index < -0.39 is 5.60 Å². The first-order chi connectivity index (χ1) is 9.78. The molecule has 1 aliphatic heterocycles. The standard InChI is InChI=1S/C16H24N2O3/c1-6-12-9-18(15(19)21-16(3,4)5)10-13-14(20-12)8-7-11(2)17-13/h7-8,12H,6,9-10H2,1-5H3/t12-/m1/s1. The first-order valence-electron chi connectivity index (χ1n) is 7.39. The monoisotopic (exact) mass is 292 g/mol. The summed E-state index contributed by atoms with van der Waals surface area (Å²) >= 11 is 0. The fourth-order valence-corrected chi connectivity index (χ4v) is 2.20. The lowest BCUT2D eigenvalue weighted by Crippen LogP contribution is -2.40. The zero-order chi connectivity index (χ0) is 15.6. The van der Waals surface area contributed by atoms with E-state index >= 15 is 0 Å². The van der Waals surface area contributed by atoms with E-state index in [-0.39, 0.29) is 12.2 Å². The number of aromatic nitrogens is 1. The summed E-state index contributed by atoms with van der Waals surface area (Å²) in [7, 11) is 0. The SMILES string of the molecule is CC[C@@H]1CN(C(=O)OC(C)(C)C)Cc2nc(C)ccc2O1. The van der Waals surface area contributed by atoms with Gasteiger partial charge in [-0.05, 0) is 46.2 Å². The second-order valence-electron chi connectivity index (χ2n) is 6.41. The van der Waals surface area contributed by atoms with Crippen molar-refractivity contribution >= 4 is 6.09 Å². The molecule has 1 amide bonds. The third-order valence-corrected chi connectivity index (χ3v) is 3.24. The van der Waals surface area contributed by atoms with E-state index in [0.29, 0.717) is 13.1 Å². The van der Waals surface area contributed by atoms with Gasteiger partial charge in [0.25, 0.3) is 0 Å². The highest BCUT2D eigenvalue weighted by molar-refractivity contribution is 5.68. The molecule has 0 saturated heterocycles. The van der Waals surface area contributed by atoms with E-state index in [0.717, 1.165) is 23.6 Å². The summed E-state index contributed by atoms with van der Waals surface area (Å²) in [4.78, 5) is 18.5. The van der Waals surface area contributed by atoms with Gasteiger partial charge in [-0.2, -0.15) is 0 Å². The van der Waals surface area contributed by atoms with Gasteiger partial charge < -0.3 is 9.47 Å². The van der Waals surface area contributed by atoms with Crippen molar-refractivity contribution in [3.63, 3.8) is 0 Å². The largest absolute Gasteiger partial charge is 0.487 e. The van der Waals surface area contributed by atoms with Crippen molar-refractivity contribution in [1.82, 2.24) is 9.88 Å². The molecule has 5 nitrogen and oxygen atoms in total. The van der Waals surface area contributed by atoms with Crippen LogP contribution in [0.5, 0.6) is 5.75 Å². The second-order valence-corrected chi connectivity index (χ2v) is 6.41. The van der Waals surface area contributed by atoms with Crippen molar-refractivity contribution in [2.24, 2.45) is 0 Å². The molecule has 1 atom stereocenters. The minimum Gasteiger partial charge on any atom is -0.487 e. The fraction of sp³-hybridized carbons (Fsp3) is 0.625. The predicted octanol–water partition coefficient (Wildman–Crippen LogP) is 3.30. The maximum absolute atomic E-state index is 12.3. The van der Waals surface area contributed by atoms with E-state index in [4.69, 9.17) is 9.47 Å².